The fraction of sp³-hybridized carbons (Fsp3) is 0.938. The van der Waals surface area contributed by atoms with Crippen molar-refractivity contribution in [1.29, 1.82) is 0 Å². The first kappa shape index (κ1) is 18.1. The number of carbonyl (C=O) groups is 1. The molecule has 0 N–H and O–H groups in total. The Morgan fingerprint density at radius 1 is 0.818 bits per heavy atom. The first-order valence-electron chi connectivity index (χ1n) is 8.47. The number of morpholine rings is 2. The zero-order valence-electron chi connectivity index (χ0n) is 13.4. The molecular weight excluding hydrogens is 304 g/mol. The van der Waals surface area contributed by atoms with Crippen LogP contribution in [0.5, 0.6) is 0 Å². The second-order valence-electron chi connectivity index (χ2n) is 6.55. The van der Waals surface area contributed by atoms with E-state index in [0.29, 0.717) is 5.78 Å². The molecule has 2 aliphatic heterocycles. The van der Waals surface area contributed by atoms with Gasteiger partial charge in [0.15, 0.2) is 0 Å². The maximum absolute atomic E-state index is 12.8. The molecule has 0 radical (unpaired) electrons. The summed E-state index contributed by atoms with van der Waals surface area (Å²) < 4.78 is 10.8. The molecule has 0 amide bonds. The smallest absolute Gasteiger partial charge is 0.141 e. The van der Waals surface area contributed by atoms with Gasteiger partial charge in [-0.2, -0.15) is 0 Å². The highest BCUT2D eigenvalue weighted by Crippen LogP contribution is 2.27. The number of Topliss-reactive ketones (excluding diaryl/α,β-unsaturated/α-hetero) is 1. The van der Waals surface area contributed by atoms with E-state index in [2.05, 4.69) is 9.80 Å². The molecule has 0 aromatic carbocycles. The molecule has 6 heteroatoms. The third kappa shape index (κ3) is 4.90. The van der Waals surface area contributed by atoms with Crippen LogP contribution in [0.25, 0.3) is 0 Å². The monoisotopic (exact) mass is 332 g/mol. The van der Waals surface area contributed by atoms with Gasteiger partial charge in [0.1, 0.15) is 5.78 Å². The summed E-state index contributed by atoms with van der Waals surface area (Å²) in [6.07, 6.45) is 3.36. The van der Waals surface area contributed by atoms with Crippen molar-refractivity contribution < 1.29 is 14.3 Å². The van der Waals surface area contributed by atoms with Crippen molar-refractivity contribution in [3.8, 4) is 0 Å². The Morgan fingerprint density at radius 3 is 1.64 bits per heavy atom. The number of ether oxygens (including phenoxy) is 2. The Hall–Kier alpha value is -0.200. The fourth-order valence-corrected chi connectivity index (χ4v) is 3.78. The summed E-state index contributed by atoms with van der Waals surface area (Å²) in [5, 5.41) is 0. The van der Waals surface area contributed by atoms with Crippen molar-refractivity contribution in [3.63, 3.8) is 0 Å². The molecule has 1 saturated carbocycles. The van der Waals surface area contributed by atoms with E-state index in [4.69, 9.17) is 9.47 Å². The molecule has 0 bridgehead atoms. The molecule has 1 aliphatic carbocycles. The topological polar surface area (TPSA) is 42.0 Å². The van der Waals surface area contributed by atoms with E-state index in [1.807, 2.05) is 0 Å². The normalized spacial score (nSPS) is 31.7. The molecule has 3 fully saturated rings. The molecule has 2 unspecified atom stereocenters. The third-order valence-corrected chi connectivity index (χ3v) is 5.07. The highest BCUT2D eigenvalue weighted by molar-refractivity contribution is 5.85. The standard InChI is InChI=1S/C16H28N2O3.ClH/c19-16-14(12-17-4-8-20-9-5-17)2-1-3-15(16)13-18-6-10-21-11-7-18;/h14-15H,1-13H2;1H. The van der Waals surface area contributed by atoms with E-state index >= 15 is 0 Å². The molecule has 2 heterocycles. The zero-order valence-corrected chi connectivity index (χ0v) is 14.2. The van der Waals surface area contributed by atoms with Crippen molar-refractivity contribution in [2.45, 2.75) is 19.3 Å². The van der Waals surface area contributed by atoms with Crippen LogP contribution in [0.15, 0.2) is 0 Å². The molecule has 2 saturated heterocycles. The minimum atomic E-state index is 0. The second kappa shape index (κ2) is 9.18. The van der Waals surface area contributed by atoms with Crippen LogP contribution in [0, 0.1) is 11.8 Å². The van der Waals surface area contributed by atoms with Crippen LogP contribution in [-0.2, 0) is 14.3 Å². The summed E-state index contributed by atoms with van der Waals surface area (Å²) in [6.45, 7) is 9.10. The number of ketones is 1. The van der Waals surface area contributed by atoms with E-state index < -0.39 is 0 Å². The summed E-state index contributed by atoms with van der Waals surface area (Å²) in [4.78, 5) is 17.6. The number of rotatable bonds is 4. The van der Waals surface area contributed by atoms with Gasteiger partial charge in [-0.1, -0.05) is 6.42 Å². The molecule has 0 aromatic heterocycles. The quantitative estimate of drug-likeness (QED) is 0.770. The molecule has 22 heavy (non-hydrogen) atoms. The van der Waals surface area contributed by atoms with Crippen LogP contribution in [0.4, 0.5) is 0 Å². The average Bonchev–Trinajstić information content (AvgIpc) is 2.53. The SMILES string of the molecule is Cl.O=C1C(CN2CCOCC2)CCCC1CN1CCOCC1. The van der Waals surface area contributed by atoms with Gasteiger partial charge in [-0.25, -0.2) is 0 Å². The number of hydrogen-bond donors (Lipinski definition) is 0. The summed E-state index contributed by atoms with van der Waals surface area (Å²) in [6, 6.07) is 0. The van der Waals surface area contributed by atoms with Crippen LogP contribution < -0.4 is 0 Å². The van der Waals surface area contributed by atoms with Crippen molar-refractivity contribution in [2.75, 3.05) is 65.7 Å². The summed E-state index contributed by atoms with van der Waals surface area (Å²) in [5.74, 6) is 1.02. The highest BCUT2D eigenvalue weighted by Gasteiger charge is 2.33. The third-order valence-electron chi connectivity index (χ3n) is 5.07. The number of halogens is 1. The van der Waals surface area contributed by atoms with E-state index in [9.17, 15) is 4.79 Å². The summed E-state index contributed by atoms with van der Waals surface area (Å²) in [5.41, 5.74) is 0. The number of hydrogen-bond acceptors (Lipinski definition) is 5. The zero-order chi connectivity index (χ0) is 14.5. The minimum absolute atomic E-state index is 0. The maximum Gasteiger partial charge on any atom is 0.141 e. The van der Waals surface area contributed by atoms with E-state index in [-0.39, 0.29) is 24.2 Å². The molecule has 5 nitrogen and oxygen atoms in total. The van der Waals surface area contributed by atoms with Gasteiger partial charge in [0, 0.05) is 51.1 Å². The maximum atomic E-state index is 12.8. The molecule has 3 rings (SSSR count). The fourth-order valence-electron chi connectivity index (χ4n) is 3.78. The second-order valence-corrected chi connectivity index (χ2v) is 6.55. The lowest BCUT2D eigenvalue weighted by molar-refractivity contribution is -0.131. The molecule has 128 valence electrons. The predicted molar refractivity (Wildman–Crippen MR) is 87.6 cm³/mol. The number of nitrogens with zero attached hydrogens (tertiary/aromatic N) is 2. The Morgan fingerprint density at radius 2 is 1.23 bits per heavy atom. The van der Waals surface area contributed by atoms with Crippen molar-refractivity contribution in [3.05, 3.63) is 0 Å². The molecular formula is C16H29ClN2O3. The van der Waals surface area contributed by atoms with Gasteiger partial charge >= 0.3 is 0 Å². The van der Waals surface area contributed by atoms with Gasteiger partial charge in [-0.3, -0.25) is 14.6 Å². The molecule has 2 atom stereocenters. The van der Waals surface area contributed by atoms with Gasteiger partial charge in [0.2, 0.25) is 0 Å². The Balaban J connectivity index is 0.00000176. The van der Waals surface area contributed by atoms with Gasteiger partial charge < -0.3 is 9.47 Å². The largest absolute Gasteiger partial charge is 0.379 e. The molecule has 3 aliphatic rings. The van der Waals surface area contributed by atoms with E-state index in [0.717, 1.165) is 78.5 Å². The lowest BCUT2D eigenvalue weighted by atomic mass is 9.79. The minimum Gasteiger partial charge on any atom is -0.379 e. The number of carbonyl (C=O) groups excluding carboxylic acids is 1. The van der Waals surface area contributed by atoms with Gasteiger partial charge in [-0.15, -0.1) is 12.4 Å². The van der Waals surface area contributed by atoms with Crippen LogP contribution in [-0.4, -0.2) is 81.3 Å². The van der Waals surface area contributed by atoms with E-state index in [1.54, 1.807) is 0 Å². The average molecular weight is 333 g/mol. The highest BCUT2D eigenvalue weighted by atomic mass is 35.5. The Bertz CT molecular complexity index is 314. The molecule has 0 aromatic rings. The Kier molecular flexibility index (Phi) is 7.57. The van der Waals surface area contributed by atoms with Crippen molar-refractivity contribution in [2.24, 2.45) is 11.8 Å². The van der Waals surface area contributed by atoms with Crippen molar-refractivity contribution >= 4 is 18.2 Å². The lowest BCUT2D eigenvalue weighted by Crippen LogP contribution is -2.46. The van der Waals surface area contributed by atoms with Gasteiger partial charge in [0.25, 0.3) is 0 Å². The summed E-state index contributed by atoms with van der Waals surface area (Å²) in [7, 11) is 0. The first-order chi connectivity index (χ1) is 10.3. The van der Waals surface area contributed by atoms with E-state index in [1.165, 1.54) is 6.42 Å². The van der Waals surface area contributed by atoms with Crippen LogP contribution in [0.2, 0.25) is 0 Å². The van der Waals surface area contributed by atoms with Gasteiger partial charge in [0.05, 0.1) is 26.4 Å². The Labute approximate surface area is 139 Å². The van der Waals surface area contributed by atoms with Crippen LogP contribution >= 0.6 is 12.4 Å². The van der Waals surface area contributed by atoms with Crippen LogP contribution in [0.1, 0.15) is 19.3 Å². The van der Waals surface area contributed by atoms with Crippen molar-refractivity contribution in [1.82, 2.24) is 9.80 Å². The van der Waals surface area contributed by atoms with Gasteiger partial charge in [-0.05, 0) is 12.8 Å². The predicted octanol–water partition coefficient (Wildman–Crippen LogP) is 1.06. The first-order valence-corrected chi connectivity index (χ1v) is 8.47. The lowest BCUT2D eigenvalue weighted by Gasteiger charge is -2.36. The summed E-state index contributed by atoms with van der Waals surface area (Å²) >= 11 is 0. The van der Waals surface area contributed by atoms with Crippen LogP contribution in [0.3, 0.4) is 0 Å². The molecule has 0 spiro atoms.